The van der Waals surface area contributed by atoms with Crippen LogP contribution in [0.15, 0.2) is 78.9 Å². The predicted octanol–water partition coefficient (Wildman–Crippen LogP) is 4.80. The highest BCUT2D eigenvalue weighted by atomic mass is 35.5. The van der Waals surface area contributed by atoms with Gasteiger partial charge in [-0.3, -0.25) is 9.59 Å². The molecule has 4 nitrogen and oxygen atoms in total. The number of benzene rings is 3. The standard InChI is InChI=1S/C26H26ClFN2O2/c1-2-29-26(32)24(16-19-6-4-3-5-7-19)30(18-21-10-14-23(28)15-11-21)25(31)17-20-8-12-22(27)13-9-20/h3-15,24H,2,16-18H2,1H3,(H,29,32)/t24-/m0/s1. The van der Waals surface area contributed by atoms with E-state index in [9.17, 15) is 14.0 Å². The number of nitrogens with zero attached hydrogens (tertiary/aromatic N) is 1. The van der Waals surface area contributed by atoms with Crippen molar-refractivity contribution in [2.45, 2.75) is 32.4 Å². The summed E-state index contributed by atoms with van der Waals surface area (Å²) in [6, 6.07) is 21.9. The molecule has 32 heavy (non-hydrogen) atoms. The predicted molar refractivity (Wildman–Crippen MR) is 125 cm³/mol. The van der Waals surface area contributed by atoms with Crippen LogP contribution in [0, 0.1) is 5.82 Å². The Hall–Kier alpha value is -3.18. The van der Waals surface area contributed by atoms with Gasteiger partial charge in [-0.05, 0) is 47.9 Å². The van der Waals surface area contributed by atoms with Gasteiger partial charge in [0, 0.05) is 24.5 Å². The van der Waals surface area contributed by atoms with E-state index in [1.54, 1.807) is 41.3 Å². The van der Waals surface area contributed by atoms with Gasteiger partial charge < -0.3 is 10.2 Å². The van der Waals surface area contributed by atoms with Crippen molar-refractivity contribution in [1.82, 2.24) is 10.2 Å². The molecule has 0 fully saturated rings. The zero-order valence-electron chi connectivity index (χ0n) is 17.9. The summed E-state index contributed by atoms with van der Waals surface area (Å²) in [7, 11) is 0. The van der Waals surface area contributed by atoms with Crippen LogP contribution >= 0.6 is 11.6 Å². The largest absolute Gasteiger partial charge is 0.355 e. The fourth-order valence-electron chi connectivity index (χ4n) is 3.51. The lowest BCUT2D eigenvalue weighted by molar-refractivity contribution is -0.140. The zero-order valence-corrected chi connectivity index (χ0v) is 18.7. The average Bonchev–Trinajstić information content (AvgIpc) is 2.79. The van der Waals surface area contributed by atoms with Crippen LogP contribution in [0.3, 0.4) is 0 Å². The molecule has 0 radical (unpaired) electrons. The summed E-state index contributed by atoms with van der Waals surface area (Å²) in [5.74, 6) is -0.760. The van der Waals surface area contributed by atoms with Crippen molar-refractivity contribution >= 4 is 23.4 Å². The minimum absolute atomic E-state index is 0.128. The van der Waals surface area contributed by atoms with Crippen molar-refractivity contribution in [1.29, 1.82) is 0 Å². The van der Waals surface area contributed by atoms with Crippen molar-refractivity contribution < 1.29 is 14.0 Å². The van der Waals surface area contributed by atoms with Crippen LogP contribution in [-0.2, 0) is 29.0 Å². The molecule has 166 valence electrons. The fourth-order valence-corrected chi connectivity index (χ4v) is 3.64. The molecule has 0 unspecified atom stereocenters. The van der Waals surface area contributed by atoms with Crippen molar-refractivity contribution in [3.63, 3.8) is 0 Å². The number of amides is 2. The molecule has 3 aromatic carbocycles. The Morgan fingerprint density at radius 1 is 0.906 bits per heavy atom. The maximum absolute atomic E-state index is 13.4. The number of hydrogen-bond acceptors (Lipinski definition) is 2. The summed E-state index contributed by atoms with van der Waals surface area (Å²) in [4.78, 5) is 28.1. The maximum Gasteiger partial charge on any atom is 0.243 e. The maximum atomic E-state index is 13.4. The fraction of sp³-hybridized carbons (Fsp3) is 0.231. The Morgan fingerprint density at radius 2 is 1.53 bits per heavy atom. The highest BCUT2D eigenvalue weighted by Crippen LogP contribution is 2.18. The van der Waals surface area contributed by atoms with E-state index in [0.29, 0.717) is 18.0 Å². The molecule has 1 atom stereocenters. The number of rotatable bonds is 9. The van der Waals surface area contributed by atoms with Crippen LogP contribution in [0.4, 0.5) is 4.39 Å². The molecule has 6 heteroatoms. The SMILES string of the molecule is CCNC(=O)[C@H](Cc1ccccc1)N(Cc1ccc(F)cc1)C(=O)Cc1ccc(Cl)cc1. The second-order valence-corrected chi connectivity index (χ2v) is 7.99. The number of carbonyl (C=O) groups excluding carboxylic acids is 2. The topological polar surface area (TPSA) is 49.4 Å². The van der Waals surface area contributed by atoms with Crippen molar-refractivity contribution in [2.24, 2.45) is 0 Å². The number of hydrogen-bond donors (Lipinski definition) is 1. The lowest BCUT2D eigenvalue weighted by Gasteiger charge is -2.31. The van der Waals surface area contributed by atoms with Gasteiger partial charge in [0.2, 0.25) is 11.8 Å². The smallest absolute Gasteiger partial charge is 0.243 e. The Kier molecular flexibility index (Phi) is 8.40. The Balaban J connectivity index is 1.93. The third-order valence-electron chi connectivity index (χ3n) is 5.16. The van der Waals surface area contributed by atoms with Crippen molar-refractivity contribution in [3.8, 4) is 0 Å². The van der Waals surface area contributed by atoms with E-state index in [-0.39, 0.29) is 30.6 Å². The molecule has 0 aliphatic rings. The van der Waals surface area contributed by atoms with Crippen LogP contribution in [-0.4, -0.2) is 29.3 Å². The molecule has 0 saturated heterocycles. The van der Waals surface area contributed by atoms with Gasteiger partial charge in [0.25, 0.3) is 0 Å². The van der Waals surface area contributed by atoms with E-state index in [2.05, 4.69) is 5.32 Å². The molecule has 3 aromatic rings. The average molecular weight is 453 g/mol. The van der Waals surface area contributed by atoms with E-state index in [0.717, 1.165) is 16.7 Å². The highest BCUT2D eigenvalue weighted by molar-refractivity contribution is 6.30. The molecular formula is C26H26ClFN2O2. The molecule has 1 N–H and O–H groups in total. The second-order valence-electron chi connectivity index (χ2n) is 7.55. The Morgan fingerprint density at radius 3 is 2.16 bits per heavy atom. The van der Waals surface area contributed by atoms with Crippen LogP contribution in [0.2, 0.25) is 5.02 Å². The molecule has 0 aliphatic heterocycles. The van der Waals surface area contributed by atoms with Crippen molar-refractivity contribution in [3.05, 3.63) is 106 Å². The zero-order chi connectivity index (χ0) is 22.9. The Bertz CT molecular complexity index is 1020. The number of halogens is 2. The van der Waals surface area contributed by atoms with Crippen molar-refractivity contribution in [2.75, 3.05) is 6.54 Å². The molecular weight excluding hydrogens is 427 g/mol. The third-order valence-corrected chi connectivity index (χ3v) is 5.41. The van der Waals surface area contributed by atoms with E-state index < -0.39 is 6.04 Å². The van der Waals surface area contributed by atoms with Gasteiger partial charge in [-0.15, -0.1) is 0 Å². The van der Waals surface area contributed by atoms with E-state index in [1.807, 2.05) is 37.3 Å². The number of likely N-dealkylation sites (N-methyl/N-ethyl adjacent to an activating group) is 1. The highest BCUT2D eigenvalue weighted by Gasteiger charge is 2.30. The lowest BCUT2D eigenvalue weighted by Crippen LogP contribution is -2.50. The van der Waals surface area contributed by atoms with Gasteiger partial charge in [0.1, 0.15) is 11.9 Å². The first kappa shape index (κ1) is 23.5. The lowest BCUT2D eigenvalue weighted by atomic mass is 10.0. The first-order valence-electron chi connectivity index (χ1n) is 10.6. The minimum Gasteiger partial charge on any atom is -0.355 e. The molecule has 2 amide bonds. The van der Waals surface area contributed by atoms with Gasteiger partial charge >= 0.3 is 0 Å². The van der Waals surface area contributed by atoms with Gasteiger partial charge in [-0.2, -0.15) is 0 Å². The van der Waals surface area contributed by atoms with E-state index in [4.69, 9.17) is 11.6 Å². The quantitative estimate of drug-likeness (QED) is 0.507. The van der Waals surface area contributed by atoms with Crippen LogP contribution in [0.1, 0.15) is 23.6 Å². The monoisotopic (exact) mass is 452 g/mol. The van der Waals surface area contributed by atoms with Gasteiger partial charge in [0.05, 0.1) is 6.42 Å². The third kappa shape index (κ3) is 6.66. The summed E-state index contributed by atoms with van der Waals surface area (Å²) in [6.07, 6.45) is 0.503. The van der Waals surface area contributed by atoms with Crippen LogP contribution in [0.25, 0.3) is 0 Å². The summed E-state index contributed by atoms with van der Waals surface area (Å²) in [5.41, 5.74) is 2.50. The normalized spacial score (nSPS) is 11.6. The first-order valence-corrected chi connectivity index (χ1v) is 10.9. The van der Waals surface area contributed by atoms with E-state index in [1.165, 1.54) is 12.1 Å². The van der Waals surface area contributed by atoms with Gasteiger partial charge in [-0.25, -0.2) is 4.39 Å². The molecule has 0 aromatic heterocycles. The molecule has 0 spiro atoms. The summed E-state index contributed by atoms with van der Waals surface area (Å²) in [6.45, 7) is 2.50. The first-order chi connectivity index (χ1) is 15.5. The van der Waals surface area contributed by atoms with E-state index >= 15 is 0 Å². The summed E-state index contributed by atoms with van der Waals surface area (Å²) >= 11 is 5.97. The molecule has 0 aliphatic carbocycles. The summed E-state index contributed by atoms with van der Waals surface area (Å²) < 4.78 is 13.4. The number of nitrogens with one attached hydrogen (secondary N) is 1. The molecule has 3 rings (SSSR count). The minimum atomic E-state index is -0.706. The van der Waals surface area contributed by atoms with Gasteiger partial charge in [0.15, 0.2) is 0 Å². The van der Waals surface area contributed by atoms with Crippen LogP contribution in [0.5, 0.6) is 0 Å². The summed E-state index contributed by atoms with van der Waals surface area (Å²) in [5, 5.41) is 3.45. The van der Waals surface area contributed by atoms with Crippen LogP contribution < -0.4 is 5.32 Å². The second kappa shape index (κ2) is 11.4. The Labute approximate surface area is 193 Å². The molecule has 0 bridgehead atoms. The molecule has 0 saturated carbocycles. The van der Waals surface area contributed by atoms with Gasteiger partial charge in [-0.1, -0.05) is 66.2 Å². The molecule has 0 heterocycles. The number of carbonyl (C=O) groups is 2.